The molecule has 0 radical (unpaired) electrons. The lowest BCUT2D eigenvalue weighted by molar-refractivity contribution is 0.572. The number of allylic oxidation sites excluding steroid dienone is 2. The molecule has 86 valence electrons. The molecule has 0 aliphatic heterocycles. The normalized spacial score (nSPS) is 18.3. The largest absolute Gasteiger partial charge is 0.358 e. The van der Waals surface area contributed by atoms with Crippen LogP contribution in [0.4, 0.5) is 0 Å². The second-order valence-electron chi connectivity index (χ2n) is 6.29. The lowest BCUT2D eigenvalue weighted by Crippen LogP contribution is -2.11. The van der Waals surface area contributed by atoms with E-state index in [9.17, 15) is 0 Å². The van der Waals surface area contributed by atoms with Crippen molar-refractivity contribution in [1.29, 1.82) is 0 Å². The van der Waals surface area contributed by atoms with Crippen molar-refractivity contribution in [2.75, 3.05) is 0 Å². The molecule has 0 aromatic carbocycles. The van der Waals surface area contributed by atoms with Crippen LogP contribution < -0.4 is 0 Å². The highest BCUT2D eigenvalue weighted by atomic mass is 14.7. The van der Waals surface area contributed by atoms with Gasteiger partial charge in [-0.05, 0) is 17.7 Å². The van der Waals surface area contributed by atoms with Crippen molar-refractivity contribution in [2.24, 2.45) is 5.41 Å². The van der Waals surface area contributed by atoms with Crippen molar-refractivity contribution >= 4 is 12.2 Å². The summed E-state index contributed by atoms with van der Waals surface area (Å²) in [6.07, 6.45) is 8.93. The molecule has 1 aromatic rings. The van der Waals surface area contributed by atoms with Crippen LogP contribution in [0.2, 0.25) is 0 Å². The van der Waals surface area contributed by atoms with Gasteiger partial charge in [0.2, 0.25) is 0 Å². The standard InChI is InChI=1S/C15H21N/c1-14(2,3)13-10-11-6-8-15(4,5)9-7-12(11)16-13/h6-10,16H,1-5H3. The summed E-state index contributed by atoms with van der Waals surface area (Å²) in [5.41, 5.74) is 4.16. The third-order valence-corrected chi connectivity index (χ3v) is 3.06. The molecular weight excluding hydrogens is 194 g/mol. The molecule has 0 saturated carbocycles. The van der Waals surface area contributed by atoms with E-state index in [-0.39, 0.29) is 10.8 Å². The van der Waals surface area contributed by atoms with Gasteiger partial charge in [0.05, 0.1) is 0 Å². The topological polar surface area (TPSA) is 15.8 Å². The fraction of sp³-hybridized carbons (Fsp3) is 0.467. The predicted molar refractivity (Wildman–Crippen MR) is 71.3 cm³/mol. The fourth-order valence-corrected chi connectivity index (χ4v) is 1.82. The Balaban J connectivity index is 2.45. The van der Waals surface area contributed by atoms with Gasteiger partial charge < -0.3 is 4.98 Å². The van der Waals surface area contributed by atoms with Gasteiger partial charge in [0, 0.05) is 22.2 Å². The van der Waals surface area contributed by atoms with Crippen molar-refractivity contribution in [3.63, 3.8) is 0 Å². The number of hydrogen-bond donors (Lipinski definition) is 1. The first-order valence-corrected chi connectivity index (χ1v) is 5.90. The monoisotopic (exact) mass is 215 g/mol. The van der Waals surface area contributed by atoms with E-state index >= 15 is 0 Å². The maximum absolute atomic E-state index is 3.51. The lowest BCUT2D eigenvalue weighted by atomic mass is 9.91. The number of fused-ring (bicyclic) bond motifs is 1. The van der Waals surface area contributed by atoms with Crippen LogP contribution in [-0.2, 0) is 5.41 Å². The number of hydrogen-bond acceptors (Lipinski definition) is 0. The molecule has 0 saturated heterocycles. The third kappa shape index (κ3) is 2.13. The van der Waals surface area contributed by atoms with Gasteiger partial charge in [0.25, 0.3) is 0 Å². The molecule has 1 aliphatic rings. The molecule has 0 spiro atoms. The Morgan fingerprint density at radius 1 is 1.06 bits per heavy atom. The van der Waals surface area contributed by atoms with Gasteiger partial charge in [-0.25, -0.2) is 0 Å². The van der Waals surface area contributed by atoms with Gasteiger partial charge in [-0.3, -0.25) is 0 Å². The van der Waals surface area contributed by atoms with E-state index in [1.165, 1.54) is 17.0 Å². The van der Waals surface area contributed by atoms with Crippen LogP contribution in [0.1, 0.15) is 51.6 Å². The van der Waals surface area contributed by atoms with Crippen LogP contribution in [0.25, 0.3) is 12.2 Å². The highest BCUT2D eigenvalue weighted by Crippen LogP contribution is 2.30. The van der Waals surface area contributed by atoms with Crippen LogP contribution in [0, 0.1) is 5.41 Å². The second-order valence-corrected chi connectivity index (χ2v) is 6.29. The maximum atomic E-state index is 3.51. The molecule has 1 aliphatic carbocycles. The van der Waals surface area contributed by atoms with Crippen molar-refractivity contribution in [1.82, 2.24) is 4.98 Å². The number of aromatic nitrogens is 1. The Bertz CT molecular complexity index is 417. The minimum Gasteiger partial charge on any atom is -0.358 e. The summed E-state index contributed by atoms with van der Waals surface area (Å²) in [5, 5.41) is 0. The molecule has 0 bridgehead atoms. The minimum absolute atomic E-state index is 0.155. The van der Waals surface area contributed by atoms with Crippen LogP contribution in [0.5, 0.6) is 0 Å². The van der Waals surface area contributed by atoms with Crippen molar-refractivity contribution < 1.29 is 0 Å². The van der Waals surface area contributed by atoms with Crippen LogP contribution in [0.15, 0.2) is 18.2 Å². The molecule has 0 unspecified atom stereocenters. The van der Waals surface area contributed by atoms with Gasteiger partial charge in [-0.1, -0.05) is 52.8 Å². The zero-order valence-electron chi connectivity index (χ0n) is 10.9. The van der Waals surface area contributed by atoms with Crippen LogP contribution in [-0.4, -0.2) is 4.98 Å². The molecule has 1 nitrogen and oxygen atoms in total. The number of H-pyrrole nitrogens is 1. The summed E-state index contributed by atoms with van der Waals surface area (Å²) in [6, 6.07) is 2.26. The highest BCUT2D eigenvalue weighted by molar-refractivity contribution is 5.67. The summed E-state index contributed by atoms with van der Waals surface area (Å²) in [5.74, 6) is 0. The number of nitrogens with one attached hydrogen (secondary N) is 1. The van der Waals surface area contributed by atoms with Crippen molar-refractivity contribution in [3.8, 4) is 0 Å². The first-order valence-electron chi connectivity index (χ1n) is 5.90. The highest BCUT2D eigenvalue weighted by Gasteiger charge is 2.19. The van der Waals surface area contributed by atoms with E-state index in [1.54, 1.807) is 0 Å². The molecule has 16 heavy (non-hydrogen) atoms. The van der Waals surface area contributed by atoms with Gasteiger partial charge in [0.1, 0.15) is 0 Å². The first-order chi connectivity index (χ1) is 7.28. The molecule has 0 fully saturated rings. The van der Waals surface area contributed by atoms with Crippen LogP contribution >= 0.6 is 0 Å². The zero-order valence-corrected chi connectivity index (χ0v) is 10.9. The van der Waals surface area contributed by atoms with Gasteiger partial charge in [-0.15, -0.1) is 0 Å². The Labute approximate surface area is 98.3 Å². The summed E-state index contributed by atoms with van der Waals surface area (Å²) in [7, 11) is 0. The summed E-state index contributed by atoms with van der Waals surface area (Å²) in [6.45, 7) is 11.1. The molecule has 1 N–H and O–H groups in total. The molecule has 1 aromatic heterocycles. The molecular formula is C15H21N. The maximum Gasteiger partial charge on any atom is 0.0453 e. The van der Waals surface area contributed by atoms with Crippen molar-refractivity contribution in [3.05, 3.63) is 35.2 Å². The average Bonchev–Trinajstić information content (AvgIpc) is 2.49. The Kier molecular flexibility index (Phi) is 2.37. The molecule has 1 heteroatoms. The fourth-order valence-electron chi connectivity index (χ4n) is 1.82. The van der Waals surface area contributed by atoms with E-state index in [1.807, 2.05) is 0 Å². The average molecular weight is 215 g/mol. The van der Waals surface area contributed by atoms with E-state index < -0.39 is 0 Å². The summed E-state index contributed by atoms with van der Waals surface area (Å²) >= 11 is 0. The first kappa shape index (κ1) is 11.3. The van der Waals surface area contributed by atoms with Gasteiger partial charge in [-0.2, -0.15) is 0 Å². The van der Waals surface area contributed by atoms with Gasteiger partial charge >= 0.3 is 0 Å². The molecule has 2 rings (SSSR count). The Hall–Kier alpha value is -1.24. The van der Waals surface area contributed by atoms with E-state index in [4.69, 9.17) is 0 Å². The number of aromatic amines is 1. The minimum atomic E-state index is 0.155. The summed E-state index contributed by atoms with van der Waals surface area (Å²) in [4.78, 5) is 3.51. The second kappa shape index (κ2) is 3.38. The SMILES string of the molecule is CC1(C)C=Cc2cc(C(C)(C)C)[nH]c2C=C1. The quantitative estimate of drug-likeness (QED) is 0.661. The van der Waals surface area contributed by atoms with E-state index in [0.29, 0.717) is 0 Å². The van der Waals surface area contributed by atoms with E-state index in [0.717, 1.165) is 0 Å². The lowest BCUT2D eigenvalue weighted by Gasteiger charge is -2.16. The zero-order chi connectivity index (χ0) is 12.0. The van der Waals surface area contributed by atoms with E-state index in [2.05, 4.69) is 70.0 Å². The van der Waals surface area contributed by atoms with Crippen LogP contribution in [0.3, 0.4) is 0 Å². The molecule has 0 amide bonds. The van der Waals surface area contributed by atoms with Crippen molar-refractivity contribution in [2.45, 2.75) is 40.0 Å². The summed E-state index contributed by atoms with van der Waals surface area (Å²) < 4.78 is 0. The Morgan fingerprint density at radius 3 is 2.31 bits per heavy atom. The number of rotatable bonds is 0. The third-order valence-electron chi connectivity index (χ3n) is 3.06. The predicted octanol–water partition coefficient (Wildman–Crippen LogP) is 4.38. The molecule has 1 heterocycles. The smallest absolute Gasteiger partial charge is 0.0453 e. The Morgan fingerprint density at radius 2 is 1.69 bits per heavy atom. The van der Waals surface area contributed by atoms with Gasteiger partial charge in [0.15, 0.2) is 0 Å². The molecule has 0 atom stereocenters.